The number of furan rings is 1. The molecule has 2 saturated carbocycles. The summed E-state index contributed by atoms with van der Waals surface area (Å²) in [6.07, 6.45) is 4.98. The van der Waals surface area contributed by atoms with Crippen molar-refractivity contribution in [2.45, 2.75) is 57.9 Å². The van der Waals surface area contributed by atoms with Crippen LogP contribution >= 0.6 is 0 Å². The zero-order valence-electron chi connectivity index (χ0n) is 16.1. The maximum Gasteiger partial charge on any atom is 0.233 e. The molecule has 0 N–H and O–H groups in total. The van der Waals surface area contributed by atoms with Crippen molar-refractivity contribution in [3.05, 3.63) is 23.7 Å². The number of imide groups is 1. The first-order valence-electron chi connectivity index (χ1n) is 10.1. The minimum absolute atomic E-state index is 0.0746. The average molecular weight is 372 g/mol. The van der Waals surface area contributed by atoms with Crippen molar-refractivity contribution >= 4 is 17.7 Å². The summed E-state index contributed by atoms with van der Waals surface area (Å²) in [4.78, 5) is 40.4. The van der Waals surface area contributed by atoms with Gasteiger partial charge in [-0.25, -0.2) is 0 Å². The number of amides is 3. The van der Waals surface area contributed by atoms with E-state index in [4.69, 9.17) is 4.42 Å². The molecule has 4 atom stereocenters. The molecule has 0 unspecified atom stereocenters. The van der Waals surface area contributed by atoms with E-state index in [0.717, 1.165) is 37.2 Å². The normalized spacial score (nSPS) is 29.8. The highest BCUT2D eigenvalue weighted by atomic mass is 16.3. The number of likely N-dealkylation sites (tertiary alicyclic amines) is 1. The molecular weight excluding hydrogens is 344 g/mol. The Morgan fingerprint density at radius 2 is 1.78 bits per heavy atom. The predicted octanol–water partition coefficient (Wildman–Crippen LogP) is 2.93. The monoisotopic (exact) mass is 372 g/mol. The van der Waals surface area contributed by atoms with E-state index >= 15 is 0 Å². The second-order valence-corrected chi connectivity index (χ2v) is 8.45. The van der Waals surface area contributed by atoms with Crippen molar-refractivity contribution in [3.8, 4) is 0 Å². The van der Waals surface area contributed by atoms with E-state index < -0.39 is 0 Å². The molecule has 1 saturated heterocycles. The second kappa shape index (κ2) is 7.13. The summed E-state index contributed by atoms with van der Waals surface area (Å²) >= 11 is 0. The van der Waals surface area contributed by atoms with E-state index in [1.165, 1.54) is 11.3 Å². The number of carbonyl (C=O) groups excluding carboxylic acids is 3. The summed E-state index contributed by atoms with van der Waals surface area (Å²) in [5.74, 6) is 2.47. The van der Waals surface area contributed by atoms with Gasteiger partial charge in [0, 0.05) is 25.9 Å². The van der Waals surface area contributed by atoms with Gasteiger partial charge in [0.2, 0.25) is 17.7 Å². The van der Waals surface area contributed by atoms with Crippen molar-refractivity contribution < 1.29 is 18.8 Å². The van der Waals surface area contributed by atoms with Crippen LogP contribution in [0.25, 0.3) is 0 Å². The molecule has 3 fully saturated rings. The number of carbonyl (C=O) groups is 3. The molecule has 6 heteroatoms. The smallest absolute Gasteiger partial charge is 0.233 e. The molecule has 2 aliphatic carbocycles. The van der Waals surface area contributed by atoms with Crippen LogP contribution in [-0.2, 0) is 20.9 Å². The van der Waals surface area contributed by atoms with Gasteiger partial charge in [-0.2, -0.15) is 0 Å². The summed E-state index contributed by atoms with van der Waals surface area (Å²) in [7, 11) is 1.73. The third-order valence-electron chi connectivity index (χ3n) is 6.46. The molecule has 1 aromatic rings. The number of hydrogen-bond acceptors (Lipinski definition) is 4. The third kappa shape index (κ3) is 3.54. The Kier molecular flexibility index (Phi) is 4.82. The first-order valence-corrected chi connectivity index (χ1v) is 10.1. The lowest BCUT2D eigenvalue weighted by Gasteiger charge is -2.19. The number of nitrogens with zero attached hydrogens (tertiary/aromatic N) is 2. The van der Waals surface area contributed by atoms with Gasteiger partial charge in [0.1, 0.15) is 11.5 Å². The van der Waals surface area contributed by atoms with Crippen molar-refractivity contribution in [2.24, 2.45) is 17.8 Å². The van der Waals surface area contributed by atoms with Crippen LogP contribution < -0.4 is 0 Å². The Hall–Kier alpha value is -2.11. The number of fused-ring (bicyclic) bond motifs is 1. The van der Waals surface area contributed by atoms with Crippen LogP contribution in [0.1, 0.15) is 62.9 Å². The van der Waals surface area contributed by atoms with E-state index in [2.05, 4.69) is 6.92 Å². The van der Waals surface area contributed by atoms with Gasteiger partial charge in [-0.1, -0.05) is 19.8 Å². The minimum Gasteiger partial charge on any atom is -0.464 e. The number of rotatable bonds is 6. The molecule has 0 bridgehead atoms. The quantitative estimate of drug-likeness (QED) is 0.720. The molecular formula is C21H28N2O4. The highest BCUT2D eigenvalue weighted by molar-refractivity contribution is 6.05. The van der Waals surface area contributed by atoms with Crippen LogP contribution in [-0.4, -0.2) is 41.1 Å². The molecule has 0 spiro atoms. The molecule has 1 aliphatic heterocycles. The van der Waals surface area contributed by atoms with E-state index in [1.54, 1.807) is 11.9 Å². The molecule has 4 rings (SSSR count). The molecule has 146 valence electrons. The van der Waals surface area contributed by atoms with Gasteiger partial charge in [0.15, 0.2) is 0 Å². The average Bonchev–Trinajstić information content (AvgIpc) is 3.12. The first kappa shape index (κ1) is 18.3. The minimum atomic E-state index is -0.148. The summed E-state index contributed by atoms with van der Waals surface area (Å²) in [5, 5.41) is 0. The highest BCUT2D eigenvalue weighted by Gasteiger charge is 2.47. The Balaban J connectivity index is 1.29. The van der Waals surface area contributed by atoms with E-state index in [0.29, 0.717) is 18.4 Å². The summed E-state index contributed by atoms with van der Waals surface area (Å²) < 4.78 is 5.86. The predicted molar refractivity (Wildman–Crippen MR) is 98.5 cm³/mol. The fraction of sp³-hybridized carbons (Fsp3) is 0.667. The van der Waals surface area contributed by atoms with Crippen LogP contribution in [0.3, 0.4) is 0 Å². The molecule has 1 aromatic heterocycles. The van der Waals surface area contributed by atoms with Crippen LogP contribution in [0.4, 0.5) is 0 Å². The maximum atomic E-state index is 12.5. The zero-order chi connectivity index (χ0) is 19.1. The molecule has 3 aliphatic rings. The Labute approximate surface area is 159 Å². The topological polar surface area (TPSA) is 70.8 Å². The molecule has 27 heavy (non-hydrogen) atoms. The van der Waals surface area contributed by atoms with Crippen molar-refractivity contribution in [3.63, 3.8) is 0 Å². The zero-order valence-corrected chi connectivity index (χ0v) is 16.1. The largest absolute Gasteiger partial charge is 0.464 e. The van der Waals surface area contributed by atoms with E-state index in [-0.39, 0.29) is 42.5 Å². The molecule has 0 aromatic carbocycles. The molecule has 6 nitrogen and oxygen atoms in total. The Morgan fingerprint density at radius 1 is 1.15 bits per heavy atom. The third-order valence-corrected chi connectivity index (χ3v) is 6.46. The maximum absolute atomic E-state index is 12.5. The van der Waals surface area contributed by atoms with Gasteiger partial charge in [-0.05, 0) is 37.3 Å². The summed E-state index contributed by atoms with van der Waals surface area (Å²) in [6, 6.07) is 3.94. The van der Waals surface area contributed by atoms with Crippen LogP contribution in [0, 0.1) is 17.8 Å². The van der Waals surface area contributed by atoms with E-state index in [1.807, 2.05) is 12.1 Å². The summed E-state index contributed by atoms with van der Waals surface area (Å²) in [5.41, 5.74) is 0. The van der Waals surface area contributed by atoms with Crippen molar-refractivity contribution in [1.29, 1.82) is 0 Å². The Bertz CT molecular complexity index is 731. The van der Waals surface area contributed by atoms with Crippen LogP contribution in [0.15, 0.2) is 16.5 Å². The van der Waals surface area contributed by atoms with Gasteiger partial charge in [0.25, 0.3) is 0 Å². The standard InChI is InChI=1S/C21H28N2O4/c1-13-11-17(13)18-8-7-14(27-18)12-22(2)19(24)9-10-23-20(25)15-5-3-4-6-16(15)21(23)26/h7-8,13,15-17H,3-6,9-12H2,1-2H3/t13-,15-,16+,17-/m1/s1. The summed E-state index contributed by atoms with van der Waals surface area (Å²) in [6.45, 7) is 2.81. The molecule has 3 amide bonds. The lowest BCUT2D eigenvalue weighted by Crippen LogP contribution is -2.36. The van der Waals surface area contributed by atoms with Crippen LogP contribution in [0.2, 0.25) is 0 Å². The SMILES string of the molecule is C[C@@H]1C[C@H]1c1ccc(CN(C)C(=O)CCN2C(=O)[C@H]3CCCC[C@H]3C2=O)o1. The van der Waals surface area contributed by atoms with Gasteiger partial charge >= 0.3 is 0 Å². The molecule has 2 heterocycles. The van der Waals surface area contributed by atoms with Crippen molar-refractivity contribution in [2.75, 3.05) is 13.6 Å². The fourth-order valence-electron chi connectivity index (χ4n) is 4.57. The van der Waals surface area contributed by atoms with Crippen LogP contribution in [0.5, 0.6) is 0 Å². The Morgan fingerprint density at radius 3 is 2.37 bits per heavy atom. The lowest BCUT2D eigenvalue weighted by atomic mass is 9.81. The fourth-order valence-corrected chi connectivity index (χ4v) is 4.57. The number of hydrogen-bond donors (Lipinski definition) is 0. The van der Waals surface area contributed by atoms with Crippen molar-refractivity contribution in [1.82, 2.24) is 9.80 Å². The highest BCUT2D eigenvalue weighted by Crippen LogP contribution is 2.47. The lowest BCUT2D eigenvalue weighted by molar-refractivity contribution is -0.140. The first-order chi connectivity index (χ1) is 13.0. The van der Waals surface area contributed by atoms with E-state index in [9.17, 15) is 14.4 Å². The second-order valence-electron chi connectivity index (χ2n) is 8.45. The van der Waals surface area contributed by atoms with Gasteiger partial charge in [-0.3, -0.25) is 19.3 Å². The van der Waals surface area contributed by atoms with Gasteiger partial charge in [-0.15, -0.1) is 0 Å². The van der Waals surface area contributed by atoms with Gasteiger partial charge < -0.3 is 9.32 Å². The van der Waals surface area contributed by atoms with Gasteiger partial charge in [0.05, 0.1) is 18.4 Å². The molecule has 0 radical (unpaired) electrons.